The highest BCUT2D eigenvalue weighted by atomic mass is 15.2. The lowest BCUT2D eigenvalue weighted by Crippen LogP contribution is -2.45. The third-order valence-corrected chi connectivity index (χ3v) is 3.53. The Hall–Kier alpha value is -0.0800. The lowest BCUT2D eigenvalue weighted by molar-refractivity contribution is 0.205. The second-order valence-electron chi connectivity index (χ2n) is 4.83. The average molecular weight is 182 g/mol. The smallest absolute Gasteiger partial charge is 0.0107 e. The molecule has 0 amide bonds. The Morgan fingerprint density at radius 1 is 1.23 bits per heavy atom. The van der Waals surface area contributed by atoms with Crippen LogP contribution >= 0.6 is 0 Å². The summed E-state index contributed by atoms with van der Waals surface area (Å²) in [6.07, 6.45) is 4.42. The maximum Gasteiger partial charge on any atom is 0.0107 e. The summed E-state index contributed by atoms with van der Waals surface area (Å²) in [5.74, 6) is 2.00. The molecule has 2 fully saturated rings. The highest BCUT2D eigenvalue weighted by Gasteiger charge is 2.23. The van der Waals surface area contributed by atoms with Crippen LogP contribution in [0.3, 0.4) is 0 Å². The van der Waals surface area contributed by atoms with E-state index in [1.54, 1.807) is 0 Å². The summed E-state index contributed by atoms with van der Waals surface area (Å²) < 4.78 is 0. The maximum atomic E-state index is 3.41. The summed E-state index contributed by atoms with van der Waals surface area (Å²) in [4.78, 5) is 2.64. The van der Waals surface area contributed by atoms with E-state index in [9.17, 15) is 0 Å². The molecular weight excluding hydrogens is 160 g/mol. The highest BCUT2D eigenvalue weighted by Crippen LogP contribution is 2.30. The van der Waals surface area contributed by atoms with E-state index < -0.39 is 0 Å². The lowest BCUT2D eigenvalue weighted by atomic mass is 10.1. The van der Waals surface area contributed by atoms with Crippen molar-refractivity contribution in [2.24, 2.45) is 11.8 Å². The van der Waals surface area contributed by atoms with Gasteiger partial charge in [0.05, 0.1) is 0 Å². The van der Waals surface area contributed by atoms with E-state index in [0.717, 1.165) is 11.8 Å². The Morgan fingerprint density at radius 3 is 2.62 bits per heavy atom. The fourth-order valence-electron chi connectivity index (χ4n) is 2.75. The number of piperazine rings is 1. The van der Waals surface area contributed by atoms with E-state index in [1.807, 2.05) is 0 Å². The molecular formula is C11H22N2. The van der Waals surface area contributed by atoms with Crippen molar-refractivity contribution >= 4 is 0 Å². The first-order chi connectivity index (χ1) is 6.34. The van der Waals surface area contributed by atoms with Crippen LogP contribution in [0.1, 0.15) is 26.2 Å². The van der Waals surface area contributed by atoms with Crippen molar-refractivity contribution in [2.45, 2.75) is 26.2 Å². The van der Waals surface area contributed by atoms with Crippen molar-refractivity contribution in [2.75, 3.05) is 32.7 Å². The standard InChI is InChI=1S/C11H22N2/c1-10-2-3-11(8-10)9-13-6-4-12-5-7-13/h10-12H,2-9H2,1H3. The topological polar surface area (TPSA) is 15.3 Å². The monoisotopic (exact) mass is 182 g/mol. The summed E-state index contributed by atoms with van der Waals surface area (Å²) in [5.41, 5.74) is 0. The van der Waals surface area contributed by atoms with E-state index in [0.29, 0.717) is 0 Å². The van der Waals surface area contributed by atoms with Crippen molar-refractivity contribution in [1.29, 1.82) is 0 Å². The first-order valence-electron chi connectivity index (χ1n) is 5.77. The van der Waals surface area contributed by atoms with Crippen LogP contribution in [-0.2, 0) is 0 Å². The number of rotatable bonds is 2. The molecule has 2 atom stereocenters. The number of hydrogen-bond acceptors (Lipinski definition) is 2. The van der Waals surface area contributed by atoms with Crippen LogP contribution < -0.4 is 5.32 Å². The molecule has 1 heterocycles. The Morgan fingerprint density at radius 2 is 2.00 bits per heavy atom. The van der Waals surface area contributed by atoms with Gasteiger partial charge in [0.1, 0.15) is 0 Å². The second-order valence-corrected chi connectivity index (χ2v) is 4.83. The van der Waals surface area contributed by atoms with Crippen LogP contribution in [0.2, 0.25) is 0 Å². The Labute approximate surface area is 81.7 Å². The molecule has 2 nitrogen and oxygen atoms in total. The van der Waals surface area contributed by atoms with Crippen LogP contribution in [0.25, 0.3) is 0 Å². The molecule has 1 aliphatic heterocycles. The number of nitrogens with zero attached hydrogens (tertiary/aromatic N) is 1. The Kier molecular flexibility index (Phi) is 3.23. The molecule has 0 aromatic rings. The molecule has 2 rings (SSSR count). The SMILES string of the molecule is CC1CCC(CN2CCNCC2)C1. The zero-order valence-electron chi connectivity index (χ0n) is 8.76. The first-order valence-corrected chi connectivity index (χ1v) is 5.77. The summed E-state index contributed by atoms with van der Waals surface area (Å²) in [7, 11) is 0. The van der Waals surface area contributed by atoms with Gasteiger partial charge in [0.15, 0.2) is 0 Å². The average Bonchev–Trinajstić information content (AvgIpc) is 2.53. The fourth-order valence-corrected chi connectivity index (χ4v) is 2.75. The fraction of sp³-hybridized carbons (Fsp3) is 1.00. The molecule has 1 aliphatic carbocycles. The van der Waals surface area contributed by atoms with E-state index in [2.05, 4.69) is 17.1 Å². The minimum absolute atomic E-state index is 0.993. The lowest BCUT2D eigenvalue weighted by Gasteiger charge is -2.29. The van der Waals surface area contributed by atoms with Gasteiger partial charge in [0.2, 0.25) is 0 Å². The van der Waals surface area contributed by atoms with Gasteiger partial charge in [0.25, 0.3) is 0 Å². The zero-order valence-corrected chi connectivity index (χ0v) is 8.76. The quantitative estimate of drug-likeness (QED) is 0.693. The van der Waals surface area contributed by atoms with Crippen molar-refractivity contribution in [3.63, 3.8) is 0 Å². The molecule has 1 saturated heterocycles. The molecule has 2 unspecified atom stereocenters. The van der Waals surface area contributed by atoms with Gasteiger partial charge < -0.3 is 10.2 Å². The van der Waals surface area contributed by atoms with Crippen LogP contribution in [0.5, 0.6) is 0 Å². The van der Waals surface area contributed by atoms with Crippen molar-refractivity contribution in [1.82, 2.24) is 10.2 Å². The first kappa shape index (κ1) is 9.47. The molecule has 0 spiro atoms. The normalized spacial score (nSPS) is 36.7. The molecule has 0 aromatic carbocycles. The third kappa shape index (κ3) is 2.68. The Balaban J connectivity index is 1.71. The molecule has 1 saturated carbocycles. The van der Waals surface area contributed by atoms with E-state index in [-0.39, 0.29) is 0 Å². The van der Waals surface area contributed by atoms with Crippen LogP contribution in [0, 0.1) is 11.8 Å². The van der Waals surface area contributed by atoms with Crippen LogP contribution in [0.15, 0.2) is 0 Å². The van der Waals surface area contributed by atoms with Crippen molar-refractivity contribution < 1.29 is 0 Å². The summed E-state index contributed by atoms with van der Waals surface area (Å²) in [6, 6.07) is 0. The van der Waals surface area contributed by atoms with Crippen molar-refractivity contribution in [3.8, 4) is 0 Å². The van der Waals surface area contributed by atoms with Crippen LogP contribution in [-0.4, -0.2) is 37.6 Å². The molecule has 0 aromatic heterocycles. The molecule has 0 radical (unpaired) electrons. The molecule has 76 valence electrons. The van der Waals surface area contributed by atoms with E-state index >= 15 is 0 Å². The van der Waals surface area contributed by atoms with Gasteiger partial charge in [-0.3, -0.25) is 0 Å². The number of nitrogens with one attached hydrogen (secondary N) is 1. The summed E-state index contributed by atoms with van der Waals surface area (Å²) in [6.45, 7) is 8.70. The van der Waals surface area contributed by atoms with E-state index in [4.69, 9.17) is 0 Å². The Bertz CT molecular complexity index is 149. The molecule has 0 bridgehead atoms. The van der Waals surface area contributed by atoms with Gasteiger partial charge in [-0.2, -0.15) is 0 Å². The summed E-state index contributed by atoms with van der Waals surface area (Å²) >= 11 is 0. The van der Waals surface area contributed by atoms with Crippen LogP contribution in [0.4, 0.5) is 0 Å². The maximum absolute atomic E-state index is 3.41. The van der Waals surface area contributed by atoms with E-state index in [1.165, 1.54) is 52.0 Å². The predicted octanol–water partition coefficient (Wildman–Crippen LogP) is 1.33. The van der Waals surface area contributed by atoms with Gasteiger partial charge in [-0.15, -0.1) is 0 Å². The van der Waals surface area contributed by atoms with Gasteiger partial charge in [-0.1, -0.05) is 13.3 Å². The molecule has 13 heavy (non-hydrogen) atoms. The zero-order chi connectivity index (χ0) is 9.10. The largest absolute Gasteiger partial charge is 0.314 e. The predicted molar refractivity (Wildman–Crippen MR) is 55.8 cm³/mol. The molecule has 1 N–H and O–H groups in total. The van der Waals surface area contributed by atoms with Gasteiger partial charge >= 0.3 is 0 Å². The molecule has 2 heteroatoms. The van der Waals surface area contributed by atoms with Crippen molar-refractivity contribution in [3.05, 3.63) is 0 Å². The number of hydrogen-bond donors (Lipinski definition) is 1. The highest BCUT2D eigenvalue weighted by molar-refractivity contribution is 4.77. The summed E-state index contributed by atoms with van der Waals surface area (Å²) in [5, 5.41) is 3.41. The van der Waals surface area contributed by atoms with Gasteiger partial charge in [0, 0.05) is 32.7 Å². The minimum atomic E-state index is 0.993. The second kappa shape index (κ2) is 4.43. The van der Waals surface area contributed by atoms with Gasteiger partial charge in [-0.05, 0) is 24.7 Å². The third-order valence-electron chi connectivity index (χ3n) is 3.53. The molecule has 2 aliphatic rings. The minimum Gasteiger partial charge on any atom is -0.314 e. The van der Waals surface area contributed by atoms with Gasteiger partial charge in [-0.25, -0.2) is 0 Å².